The molecule has 0 spiro atoms. The van der Waals surface area contributed by atoms with E-state index in [9.17, 15) is 0 Å². The molecule has 0 bridgehead atoms. The van der Waals surface area contributed by atoms with Gasteiger partial charge in [-0.25, -0.2) is 0 Å². The summed E-state index contributed by atoms with van der Waals surface area (Å²) in [4.78, 5) is 1.99. The van der Waals surface area contributed by atoms with E-state index in [0.717, 1.165) is 19.4 Å². The Labute approximate surface area is 131 Å². The molecule has 0 saturated carbocycles. The lowest BCUT2D eigenvalue weighted by atomic mass is 9.98. The van der Waals surface area contributed by atoms with Crippen LogP contribution in [0.15, 0.2) is 54.6 Å². The van der Waals surface area contributed by atoms with Crippen LogP contribution in [0.1, 0.15) is 24.4 Å². The Morgan fingerprint density at radius 3 is 2.48 bits per heavy atom. The lowest BCUT2D eigenvalue weighted by Gasteiger charge is -2.25. The van der Waals surface area contributed by atoms with E-state index >= 15 is 0 Å². The molecule has 1 aliphatic heterocycles. The smallest absolute Gasteiger partial charge is 0.188 e. The Kier molecular flexibility index (Phi) is 4.86. The number of likely N-dealkylation sites (tertiary alicyclic amines) is 1. The Balaban J connectivity index is 0.00000161. The standard InChI is InChI=1S/C17H19N3.ClH/c18-17(19)20-11-5-10-16(20)15-9-4-8-14(12-15)13-6-2-1-3-7-13;/h1-4,6-9,12,16H,5,10-11H2,(H3,18,19);1H. The van der Waals surface area contributed by atoms with Crippen LogP contribution in [0.3, 0.4) is 0 Å². The highest BCUT2D eigenvalue weighted by Gasteiger charge is 2.26. The van der Waals surface area contributed by atoms with Crippen LogP contribution >= 0.6 is 12.4 Å². The van der Waals surface area contributed by atoms with Crippen molar-refractivity contribution < 1.29 is 0 Å². The number of nitrogens with one attached hydrogen (secondary N) is 1. The van der Waals surface area contributed by atoms with Crippen molar-refractivity contribution in [2.45, 2.75) is 18.9 Å². The molecule has 1 unspecified atom stereocenters. The lowest BCUT2D eigenvalue weighted by molar-refractivity contribution is 0.393. The third-order valence-electron chi connectivity index (χ3n) is 3.94. The average Bonchev–Trinajstić information content (AvgIpc) is 2.98. The zero-order valence-electron chi connectivity index (χ0n) is 11.8. The van der Waals surface area contributed by atoms with E-state index in [-0.39, 0.29) is 24.4 Å². The van der Waals surface area contributed by atoms with Crippen LogP contribution in [0, 0.1) is 5.41 Å². The summed E-state index contributed by atoms with van der Waals surface area (Å²) in [6, 6.07) is 19.2. The van der Waals surface area contributed by atoms with E-state index in [2.05, 4.69) is 48.5 Å². The molecule has 0 radical (unpaired) electrons. The minimum absolute atomic E-state index is 0. The highest BCUT2D eigenvalue weighted by molar-refractivity contribution is 5.85. The summed E-state index contributed by atoms with van der Waals surface area (Å²) in [5.74, 6) is 0.178. The van der Waals surface area contributed by atoms with E-state index in [0.29, 0.717) is 0 Å². The van der Waals surface area contributed by atoms with Gasteiger partial charge in [0.2, 0.25) is 0 Å². The second-order valence-electron chi connectivity index (χ2n) is 5.23. The Morgan fingerprint density at radius 1 is 1.05 bits per heavy atom. The van der Waals surface area contributed by atoms with Crippen molar-refractivity contribution >= 4 is 18.4 Å². The zero-order valence-corrected chi connectivity index (χ0v) is 12.6. The molecule has 3 nitrogen and oxygen atoms in total. The quantitative estimate of drug-likeness (QED) is 0.655. The fourth-order valence-electron chi connectivity index (χ4n) is 2.96. The minimum Gasteiger partial charge on any atom is -0.370 e. The largest absolute Gasteiger partial charge is 0.370 e. The van der Waals surface area contributed by atoms with E-state index in [1.807, 2.05) is 11.0 Å². The van der Waals surface area contributed by atoms with Gasteiger partial charge in [0.25, 0.3) is 0 Å². The van der Waals surface area contributed by atoms with Crippen molar-refractivity contribution in [3.63, 3.8) is 0 Å². The maximum absolute atomic E-state index is 7.69. The van der Waals surface area contributed by atoms with Crippen molar-refractivity contribution in [1.29, 1.82) is 5.41 Å². The van der Waals surface area contributed by atoms with Crippen molar-refractivity contribution in [1.82, 2.24) is 4.90 Å². The van der Waals surface area contributed by atoms with Gasteiger partial charge in [-0.3, -0.25) is 5.41 Å². The van der Waals surface area contributed by atoms with E-state index in [4.69, 9.17) is 11.1 Å². The van der Waals surface area contributed by atoms with Crippen molar-refractivity contribution in [3.8, 4) is 11.1 Å². The van der Waals surface area contributed by atoms with Crippen molar-refractivity contribution in [3.05, 3.63) is 60.2 Å². The first kappa shape index (κ1) is 15.4. The van der Waals surface area contributed by atoms with E-state index in [1.54, 1.807) is 0 Å². The molecule has 1 atom stereocenters. The summed E-state index contributed by atoms with van der Waals surface area (Å²) in [5, 5.41) is 7.69. The molecule has 0 aromatic heterocycles. The molecule has 2 aromatic rings. The van der Waals surface area contributed by atoms with Gasteiger partial charge in [0.05, 0.1) is 6.04 Å². The number of nitrogens with two attached hydrogens (primary N) is 1. The SMILES string of the molecule is Cl.N=C(N)N1CCCC1c1cccc(-c2ccccc2)c1. The van der Waals surface area contributed by atoms with Crippen LogP contribution in [-0.2, 0) is 0 Å². The second-order valence-corrected chi connectivity index (χ2v) is 5.23. The van der Waals surface area contributed by atoms with Gasteiger partial charge >= 0.3 is 0 Å². The number of hydrogen-bond donors (Lipinski definition) is 2. The molecule has 0 amide bonds. The number of nitrogens with zero attached hydrogens (tertiary/aromatic N) is 1. The first-order valence-electron chi connectivity index (χ1n) is 7.02. The summed E-state index contributed by atoms with van der Waals surface area (Å²) < 4.78 is 0. The van der Waals surface area contributed by atoms with Gasteiger partial charge in [0.1, 0.15) is 0 Å². The fraction of sp³-hybridized carbons (Fsp3) is 0.235. The molecular formula is C17H20ClN3. The van der Waals surface area contributed by atoms with Gasteiger partial charge in [0.15, 0.2) is 5.96 Å². The Morgan fingerprint density at radius 2 is 1.76 bits per heavy atom. The molecule has 1 fully saturated rings. The molecule has 3 N–H and O–H groups in total. The topological polar surface area (TPSA) is 53.1 Å². The monoisotopic (exact) mass is 301 g/mol. The molecule has 1 saturated heterocycles. The normalized spacial score (nSPS) is 17.3. The highest BCUT2D eigenvalue weighted by Crippen LogP contribution is 2.33. The van der Waals surface area contributed by atoms with Gasteiger partial charge in [0, 0.05) is 6.54 Å². The maximum Gasteiger partial charge on any atom is 0.188 e. The molecule has 21 heavy (non-hydrogen) atoms. The zero-order chi connectivity index (χ0) is 13.9. The summed E-state index contributed by atoms with van der Waals surface area (Å²) >= 11 is 0. The van der Waals surface area contributed by atoms with Crippen LogP contribution in [0.5, 0.6) is 0 Å². The molecule has 1 aliphatic rings. The van der Waals surface area contributed by atoms with Crippen LogP contribution in [-0.4, -0.2) is 17.4 Å². The second kappa shape index (κ2) is 6.64. The molecule has 0 aliphatic carbocycles. The first-order valence-corrected chi connectivity index (χ1v) is 7.02. The number of rotatable bonds is 2. The lowest BCUT2D eigenvalue weighted by Crippen LogP contribution is -2.35. The summed E-state index contributed by atoms with van der Waals surface area (Å²) in [6.45, 7) is 0.884. The van der Waals surface area contributed by atoms with Crippen LogP contribution in [0.2, 0.25) is 0 Å². The summed E-state index contributed by atoms with van der Waals surface area (Å²) in [5.41, 5.74) is 9.38. The summed E-state index contributed by atoms with van der Waals surface area (Å²) in [7, 11) is 0. The van der Waals surface area contributed by atoms with Crippen LogP contribution in [0.25, 0.3) is 11.1 Å². The minimum atomic E-state index is 0. The van der Waals surface area contributed by atoms with Crippen molar-refractivity contribution in [2.24, 2.45) is 5.73 Å². The van der Waals surface area contributed by atoms with Gasteiger partial charge in [-0.1, -0.05) is 48.5 Å². The van der Waals surface area contributed by atoms with Crippen molar-refractivity contribution in [2.75, 3.05) is 6.54 Å². The van der Waals surface area contributed by atoms with Crippen LogP contribution in [0.4, 0.5) is 0 Å². The fourth-order valence-corrected chi connectivity index (χ4v) is 2.96. The highest BCUT2D eigenvalue weighted by atomic mass is 35.5. The number of guanidine groups is 1. The van der Waals surface area contributed by atoms with Gasteiger partial charge < -0.3 is 10.6 Å². The number of hydrogen-bond acceptors (Lipinski definition) is 1. The van der Waals surface area contributed by atoms with E-state index < -0.39 is 0 Å². The number of benzene rings is 2. The average molecular weight is 302 g/mol. The molecule has 1 heterocycles. The number of halogens is 1. The molecule has 2 aromatic carbocycles. The summed E-state index contributed by atoms with van der Waals surface area (Å²) in [6.07, 6.45) is 2.16. The molecular weight excluding hydrogens is 282 g/mol. The predicted molar refractivity (Wildman–Crippen MR) is 89.7 cm³/mol. The Bertz CT molecular complexity index is 612. The third-order valence-corrected chi connectivity index (χ3v) is 3.94. The maximum atomic E-state index is 7.69. The predicted octanol–water partition coefficient (Wildman–Crippen LogP) is 3.81. The first-order chi connectivity index (χ1) is 9.75. The molecule has 110 valence electrons. The van der Waals surface area contributed by atoms with Gasteiger partial charge in [-0.05, 0) is 35.6 Å². The van der Waals surface area contributed by atoms with E-state index in [1.165, 1.54) is 16.7 Å². The van der Waals surface area contributed by atoms with Crippen LogP contribution < -0.4 is 5.73 Å². The molecule has 3 rings (SSSR count). The Hall–Kier alpha value is -2.00. The molecule has 4 heteroatoms. The third kappa shape index (κ3) is 3.19. The van der Waals surface area contributed by atoms with Gasteiger partial charge in [-0.2, -0.15) is 0 Å². The van der Waals surface area contributed by atoms with Gasteiger partial charge in [-0.15, -0.1) is 12.4 Å².